The minimum absolute atomic E-state index is 0.242. The molecule has 7 heteroatoms. The van der Waals surface area contributed by atoms with Crippen LogP contribution in [0.1, 0.15) is 26.7 Å². The van der Waals surface area contributed by atoms with E-state index >= 15 is 0 Å². The number of hydrogen-bond acceptors (Lipinski definition) is 6. The first-order valence-electron chi connectivity index (χ1n) is 7.23. The lowest BCUT2D eigenvalue weighted by molar-refractivity contribution is 0.0600. The summed E-state index contributed by atoms with van der Waals surface area (Å²) in [5.41, 5.74) is 1.19. The third kappa shape index (κ3) is 4.39. The molecule has 1 heterocycles. The summed E-state index contributed by atoms with van der Waals surface area (Å²) in [6.07, 6.45) is 1.69. The van der Waals surface area contributed by atoms with Gasteiger partial charge < -0.3 is 15.4 Å². The van der Waals surface area contributed by atoms with Crippen molar-refractivity contribution in [3.05, 3.63) is 60.1 Å². The fourth-order valence-electron chi connectivity index (χ4n) is 1.95. The van der Waals surface area contributed by atoms with Crippen LogP contribution in [0.15, 0.2) is 43.0 Å². The van der Waals surface area contributed by atoms with E-state index in [-0.39, 0.29) is 11.6 Å². The molecule has 124 valence electrons. The average Bonchev–Trinajstić information content (AvgIpc) is 2.59. The molecule has 0 saturated carbocycles. The van der Waals surface area contributed by atoms with E-state index in [0.29, 0.717) is 29.4 Å². The summed E-state index contributed by atoms with van der Waals surface area (Å²) >= 11 is 0. The summed E-state index contributed by atoms with van der Waals surface area (Å²) in [4.78, 5) is 32.0. The number of benzene rings is 1. The fraction of sp³-hybridized carbons (Fsp3) is 0.176. The molecule has 2 N–H and O–H groups in total. The summed E-state index contributed by atoms with van der Waals surface area (Å²) in [7, 11) is 1.31. The van der Waals surface area contributed by atoms with E-state index in [4.69, 9.17) is 0 Å². The summed E-state index contributed by atoms with van der Waals surface area (Å²) < 4.78 is 4.63. The number of ether oxygens (including phenoxy) is 1. The number of rotatable bonds is 6. The number of amides is 1. The van der Waals surface area contributed by atoms with Crippen molar-refractivity contribution >= 4 is 23.4 Å². The molecule has 0 aliphatic carbocycles. The van der Waals surface area contributed by atoms with Gasteiger partial charge in [0.25, 0.3) is 5.91 Å². The Labute approximate surface area is 139 Å². The summed E-state index contributed by atoms with van der Waals surface area (Å²) in [6.45, 7) is 5.86. The second-order valence-corrected chi connectivity index (χ2v) is 4.88. The third-order valence-electron chi connectivity index (χ3n) is 3.06. The second-order valence-electron chi connectivity index (χ2n) is 4.88. The second kappa shape index (κ2) is 7.87. The van der Waals surface area contributed by atoms with E-state index in [2.05, 4.69) is 31.9 Å². The van der Waals surface area contributed by atoms with Crippen LogP contribution in [-0.4, -0.2) is 35.5 Å². The Morgan fingerprint density at radius 1 is 1.25 bits per heavy atom. The number of nitrogens with one attached hydrogen (secondary N) is 2. The van der Waals surface area contributed by atoms with Gasteiger partial charge >= 0.3 is 5.97 Å². The lowest BCUT2D eigenvalue weighted by Crippen LogP contribution is -2.16. The number of carbonyl (C=O) groups is 2. The average molecular weight is 326 g/mol. The van der Waals surface area contributed by atoms with Crippen LogP contribution in [0.5, 0.6) is 0 Å². The molecule has 24 heavy (non-hydrogen) atoms. The van der Waals surface area contributed by atoms with Gasteiger partial charge in [0.15, 0.2) is 0 Å². The normalized spacial score (nSPS) is 9.92. The molecule has 0 atom stereocenters. The Balaban J connectivity index is 2.13. The Bertz CT molecular complexity index is 757. The summed E-state index contributed by atoms with van der Waals surface area (Å²) in [5.74, 6) is 0.231. The van der Waals surface area contributed by atoms with Crippen molar-refractivity contribution in [1.29, 1.82) is 0 Å². The summed E-state index contributed by atoms with van der Waals surface area (Å²) in [5, 5.41) is 5.74. The Morgan fingerprint density at radius 3 is 2.58 bits per heavy atom. The fourth-order valence-corrected chi connectivity index (χ4v) is 1.95. The molecule has 1 aromatic carbocycles. The topological polar surface area (TPSA) is 93.2 Å². The van der Waals surface area contributed by atoms with Gasteiger partial charge in [0.2, 0.25) is 0 Å². The van der Waals surface area contributed by atoms with Crippen molar-refractivity contribution in [2.24, 2.45) is 0 Å². The standard InChI is InChI=1S/C17H18N4O3/c1-4-9-18-15-10-14(19-11(2)20-15)16(22)21-13-7-5-12(6-8-13)17(23)24-3/h4-8,10H,1,9H2,2-3H3,(H,21,22)(H,18,19,20). The zero-order valence-corrected chi connectivity index (χ0v) is 13.5. The maximum atomic E-state index is 12.3. The number of aromatic nitrogens is 2. The van der Waals surface area contributed by atoms with E-state index < -0.39 is 5.97 Å². The van der Waals surface area contributed by atoms with E-state index in [1.165, 1.54) is 7.11 Å². The van der Waals surface area contributed by atoms with Crippen LogP contribution in [-0.2, 0) is 4.74 Å². The molecule has 1 aromatic heterocycles. The van der Waals surface area contributed by atoms with Gasteiger partial charge in [-0.15, -0.1) is 6.58 Å². The van der Waals surface area contributed by atoms with Crippen LogP contribution in [0.3, 0.4) is 0 Å². The van der Waals surface area contributed by atoms with Crippen molar-refractivity contribution in [1.82, 2.24) is 9.97 Å². The predicted molar refractivity (Wildman–Crippen MR) is 91.2 cm³/mol. The molecule has 2 aromatic rings. The van der Waals surface area contributed by atoms with E-state index in [0.717, 1.165) is 0 Å². The highest BCUT2D eigenvalue weighted by molar-refractivity contribution is 6.03. The molecule has 7 nitrogen and oxygen atoms in total. The lowest BCUT2D eigenvalue weighted by atomic mass is 10.2. The molecule has 0 spiro atoms. The molecule has 0 aliphatic rings. The predicted octanol–water partition coefficient (Wildman–Crippen LogP) is 2.42. The first kappa shape index (κ1) is 17.1. The highest BCUT2D eigenvalue weighted by Crippen LogP contribution is 2.13. The maximum Gasteiger partial charge on any atom is 0.337 e. The van der Waals surface area contributed by atoms with E-state index in [1.807, 2.05) is 0 Å². The molecule has 0 aliphatic heterocycles. The van der Waals surface area contributed by atoms with Gasteiger partial charge in [-0.1, -0.05) is 6.08 Å². The van der Waals surface area contributed by atoms with Gasteiger partial charge in [-0.05, 0) is 31.2 Å². The zero-order valence-electron chi connectivity index (χ0n) is 13.5. The van der Waals surface area contributed by atoms with Gasteiger partial charge in [0.1, 0.15) is 17.3 Å². The molecular formula is C17H18N4O3. The number of carbonyl (C=O) groups excluding carboxylic acids is 2. The minimum atomic E-state index is -0.433. The van der Waals surface area contributed by atoms with Crippen molar-refractivity contribution in [3.8, 4) is 0 Å². The first-order valence-corrected chi connectivity index (χ1v) is 7.23. The van der Waals surface area contributed by atoms with Crippen LogP contribution < -0.4 is 10.6 Å². The number of esters is 1. The van der Waals surface area contributed by atoms with Crippen molar-refractivity contribution in [3.63, 3.8) is 0 Å². The monoisotopic (exact) mass is 326 g/mol. The first-order chi connectivity index (χ1) is 11.5. The molecule has 0 radical (unpaired) electrons. The van der Waals surface area contributed by atoms with Crippen LogP contribution in [0.25, 0.3) is 0 Å². The van der Waals surface area contributed by atoms with Crippen LogP contribution in [0.2, 0.25) is 0 Å². The molecule has 0 fully saturated rings. The molecule has 0 unspecified atom stereocenters. The zero-order chi connectivity index (χ0) is 17.5. The van der Waals surface area contributed by atoms with Crippen molar-refractivity contribution in [2.75, 3.05) is 24.3 Å². The highest BCUT2D eigenvalue weighted by Gasteiger charge is 2.11. The van der Waals surface area contributed by atoms with Crippen LogP contribution in [0, 0.1) is 6.92 Å². The van der Waals surface area contributed by atoms with E-state index in [9.17, 15) is 9.59 Å². The van der Waals surface area contributed by atoms with Gasteiger partial charge in [-0.3, -0.25) is 4.79 Å². The third-order valence-corrected chi connectivity index (χ3v) is 3.06. The number of aryl methyl sites for hydroxylation is 1. The van der Waals surface area contributed by atoms with Gasteiger partial charge in [0, 0.05) is 18.3 Å². The minimum Gasteiger partial charge on any atom is -0.465 e. The van der Waals surface area contributed by atoms with E-state index in [1.54, 1.807) is 43.3 Å². The Hall–Kier alpha value is -3.22. The number of nitrogens with zero attached hydrogens (tertiary/aromatic N) is 2. The summed E-state index contributed by atoms with van der Waals surface area (Å²) in [6, 6.07) is 7.95. The quantitative estimate of drug-likeness (QED) is 0.625. The van der Waals surface area contributed by atoms with Gasteiger partial charge in [0.05, 0.1) is 12.7 Å². The molecule has 0 saturated heterocycles. The van der Waals surface area contributed by atoms with Crippen molar-refractivity contribution < 1.29 is 14.3 Å². The highest BCUT2D eigenvalue weighted by atomic mass is 16.5. The maximum absolute atomic E-state index is 12.3. The molecular weight excluding hydrogens is 308 g/mol. The SMILES string of the molecule is C=CCNc1cc(C(=O)Nc2ccc(C(=O)OC)cc2)nc(C)n1. The largest absolute Gasteiger partial charge is 0.465 e. The van der Waals surface area contributed by atoms with Gasteiger partial charge in [-0.25, -0.2) is 14.8 Å². The van der Waals surface area contributed by atoms with Gasteiger partial charge in [-0.2, -0.15) is 0 Å². The number of methoxy groups -OCH3 is 1. The van der Waals surface area contributed by atoms with Crippen molar-refractivity contribution in [2.45, 2.75) is 6.92 Å². The Morgan fingerprint density at radius 2 is 1.96 bits per heavy atom. The number of hydrogen-bond donors (Lipinski definition) is 2. The van der Waals surface area contributed by atoms with Crippen LogP contribution >= 0.6 is 0 Å². The Kier molecular flexibility index (Phi) is 5.62. The smallest absolute Gasteiger partial charge is 0.337 e. The molecule has 0 bridgehead atoms. The lowest BCUT2D eigenvalue weighted by Gasteiger charge is -2.08. The molecule has 2 rings (SSSR count). The van der Waals surface area contributed by atoms with Crippen LogP contribution in [0.4, 0.5) is 11.5 Å². The number of anilines is 2. The molecule has 1 amide bonds.